The van der Waals surface area contributed by atoms with Crippen molar-refractivity contribution in [2.75, 3.05) is 18.8 Å². The topological polar surface area (TPSA) is 122 Å². The molecule has 1 aromatic carbocycles. The number of aromatic nitrogens is 6. The van der Waals surface area contributed by atoms with Crippen LogP contribution in [-0.4, -0.2) is 47.9 Å². The van der Waals surface area contributed by atoms with Crippen LogP contribution < -0.4 is 5.73 Å². The van der Waals surface area contributed by atoms with E-state index in [2.05, 4.69) is 50.3 Å². The molecule has 1 saturated heterocycles. The lowest BCUT2D eigenvalue weighted by Gasteiger charge is -2.32. The van der Waals surface area contributed by atoms with Gasteiger partial charge in [0, 0.05) is 11.6 Å². The van der Waals surface area contributed by atoms with Crippen LogP contribution in [0.25, 0.3) is 22.6 Å². The van der Waals surface area contributed by atoms with Crippen molar-refractivity contribution in [1.82, 2.24) is 34.8 Å². The van der Waals surface area contributed by atoms with Crippen LogP contribution >= 0.6 is 0 Å². The molecule has 1 aliphatic heterocycles. The maximum Gasteiger partial charge on any atom is 0.221 e. The summed E-state index contributed by atoms with van der Waals surface area (Å²) in [4.78, 5) is 16.1. The van der Waals surface area contributed by atoms with Crippen LogP contribution in [0.5, 0.6) is 0 Å². The number of piperidine rings is 1. The number of rotatable bonds is 6. The van der Waals surface area contributed by atoms with E-state index in [4.69, 9.17) is 10.7 Å². The summed E-state index contributed by atoms with van der Waals surface area (Å²) in [5.74, 6) is 0.135. The minimum atomic E-state index is 0.135. The van der Waals surface area contributed by atoms with Gasteiger partial charge in [-0.1, -0.05) is 29.8 Å². The van der Waals surface area contributed by atoms with E-state index < -0.39 is 0 Å². The Morgan fingerprint density at radius 1 is 0.971 bits per heavy atom. The van der Waals surface area contributed by atoms with Gasteiger partial charge in [-0.05, 0) is 63.2 Å². The highest BCUT2D eigenvalue weighted by Gasteiger charge is 2.19. The summed E-state index contributed by atoms with van der Waals surface area (Å²) in [7, 11) is 0. The van der Waals surface area contributed by atoms with Crippen molar-refractivity contribution in [2.45, 2.75) is 38.8 Å². The van der Waals surface area contributed by atoms with Crippen LogP contribution in [0, 0.1) is 11.3 Å². The van der Waals surface area contributed by atoms with Gasteiger partial charge in [-0.3, -0.25) is 9.88 Å². The summed E-state index contributed by atoms with van der Waals surface area (Å²) in [6.45, 7) is 4.99. The molecule has 9 heteroatoms. The molecule has 0 radical (unpaired) electrons. The SMILES string of the molecule is CC(c1cccc(Cn2cc(-c3cc(-c4cccc(C#N)c4)nc(N)n3)nn2)n1)N1CCCCC1. The molecule has 1 fully saturated rings. The Labute approximate surface area is 204 Å². The molecule has 2 N–H and O–H groups in total. The van der Waals surface area contributed by atoms with Gasteiger partial charge in [0.15, 0.2) is 0 Å². The van der Waals surface area contributed by atoms with Gasteiger partial charge >= 0.3 is 0 Å². The zero-order chi connectivity index (χ0) is 24.2. The van der Waals surface area contributed by atoms with E-state index in [0.29, 0.717) is 35.2 Å². The summed E-state index contributed by atoms with van der Waals surface area (Å²) >= 11 is 0. The summed E-state index contributed by atoms with van der Waals surface area (Å²) in [5, 5.41) is 17.8. The lowest BCUT2D eigenvalue weighted by Crippen LogP contribution is -2.32. The fraction of sp³-hybridized carbons (Fsp3) is 0.308. The molecule has 0 spiro atoms. The van der Waals surface area contributed by atoms with Crippen LogP contribution in [0.4, 0.5) is 5.95 Å². The Morgan fingerprint density at radius 3 is 2.60 bits per heavy atom. The molecule has 1 aliphatic rings. The van der Waals surface area contributed by atoms with Crippen LogP contribution in [0.2, 0.25) is 0 Å². The van der Waals surface area contributed by atoms with Crippen LogP contribution in [-0.2, 0) is 6.54 Å². The quantitative estimate of drug-likeness (QED) is 0.456. The Balaban J connectivity index is 1.35. The van der Waals surface area contributed by atoms with Crippen molar-refractivity contribution >= 4 is 5.95 Å². The number of hydrogen-bond donors (Lipinski definition) is 1. The number of nitrogens with two attached hydrogens (primary N) is 1. The summed E-state index contributed by atoms with van der Waals surface area (Å²) in [6, 6.07) is 17.6. The van der Waals surface area contributed by atoms with Crippen molar-refractivity contribution in [2.24, 2.45) is 0 Å². The highest BCUT2D eigenvalue weighted by Crippen LogP contribution is 2.25. The predicted molar refractivity (Wildman–Crippen MR) is 133 cm³/mol. The largest absolute Gasteiger partial charge is 0.368 e. The van der Waals surface area contributed by atoms with E-state index in [1.165, 1.54) is 19.3 Å². The standard InChI is InChI=1S/C26H27N9/c1-18(34-11-3-2-4-12-34)22-10-6-9-21(29-22)16-35-17-25(32-33-35)24-14-23(30-26(28)31-24)20-8-5-7-19(13-20)15-27/h5-10,13-14,17-18H,2-4,11-12,16H2,1H3,(H2,28,30,31). The second-order valence-electron chi connectivity index (χ2n) is 8.82. The van der Waals surface area contributed by atoms with E-state index in [1.807, 2.05) is 24.4 Å². The number of pyridine rings is 1. The molecule has 0 saturated carbocycles. The number of hydrogen-bond acceptors (Lipinski definition) is 8. The summed E-state index contributed by atoms with van der Waals surface area (Å²) in [5.41, 5.74) is 11.1. The highest BCUT2D eigenvalue weighted by atomic mass is 15.4. The summed E-state index contributed by atoms with van der Waals surface area (Å²) < 4.78 is 1.75. The van der Waals surface area contributed by atoms with Crippen molar-refractivity contribution < 1.29 is 0 Å². The van der Waals surface area contributed by atoms with Crippen LogP contribution in [0.1, 0.15) is 49.2 Å². The molecule has 0 amide bonds. The van der Waals surface area contributed by atoms with E-state index in [0.717, 1.165) is 30.0 Å². The van der Waals surface area contributed by atoms with Crippen molar-refractivity contribution in [1.29, 1.82) is 5.26 Å². The first-order valence-electron chi connectivity index (χ1n) is 11.8. The number of nitrogen functional groups attached to an aromatic ring is 1. The fourth-order valence-electron chi connectivity index (χ4n) is 4.46. The number of anilines is 1. The average molecular weight is 466 g/mol. The van der Waals surface area contributed by atoms with E-state index in [1.54, 1.807) is 22.9 Å². The monoisotopic (exact) mass is 465 g/mol. The van der Waals surface area contributed by atoms with Gasteiger partial charge in [0.25, 0.3) is 0 Å². The predicted octanol–water partition coefficient (Wildman–Crippen LogP) is 3.85. The zero-order valence-electron chi connectivity index (χ0n) is 19.7. The second-order valence-corrected chi connectivity index (χ2v) is 8.82. The lowest BCUT2D eigenvalue weighted by molar-refractivity contribution is 0.172. The van der Waals surface area contributed by atoms with Gasteiger partial charge in [0.05, 0.1) is 47.1 Å². The molecule has 0 aliphatic carbocycles. The molecule has 4 aromatic rings. The smallest absolute Gasteiger partial charge is 0.221 e. The second kappa shape index (κ2) is 9.99. The third-order valence-corrected chi connectivity index (χ3v) is 6.35. The van der Waals surface area contributed by atoms with Crippen molar-refractivity contribution in [3.05, 3.63) is 71.7 Å². The number of likely N-dealkylation sites (tertiary alicyclic amines) is 1. The highest BCUT2D eigenvalue weighted by molar-refractivity contribution is 5.68. The van der Waals surface area contributed by atoms with Crippen LogP contribution in [0.3, 0.4) is 0 Å². The Bertz CT molecular complexity index is 1370. The average Bonchev–Trinajstić information content (AvgIpc) is 3.37. The molecule has 9 nitrogen and oxygen atoms in total. The Kier molecular flexibility index (Phi) is 6.46. The molecule has 176 valence electrons. The van der Waals surface area contributed by atoms with E-state index in [-0.39, 0.29) is 5.95 Å². The molecule has 0 bridgehead atoms. The Hall–Kier alpha value is -4.16. The third-order valence-electron chi connectivity index (χ3n) is 6.35. The molecule has 4 heterocycles. The lowest BCUT2D eigenvalue weighted by atomic mass is 10.1. The maximum absolute atomic E-state index is 9.20. The molecule has 35 heavy (non-hydrogen) atoms. The molecule has 1 unspecified atom stereocenters. The minimum absolute atomic E-state index is 0.135. The molecule has 5 rings (SSSR count). The van der Waals surface area contributed by atoms with Crippen molar-refractivity contribution in [3.63, 3.8) is 0 Å². The van der Waals surface area contributed by atoms with Gasteiger partial charge in [0.1, 0.15) is 5.69 Å². The number of nitriles is 1. The van der Waals surface area contributed by atoms with Crippen molar-refractivity contribution in [3.8, 4) is 28.7 Å². The minimum Gasteiger partial charge on any atom is -0.368 e. The van der Waals surface area contributed by atoms with Gasteiger partial charge in [-0.25, -0.2) is 14.6 Å². The number of nitrogens with zero attached hydrogens (tertiary/aromatic N) is 8. The molecule has 1 atom stereocenters. The van der Waals surface area contributed by atoms with Gasteiger partial charge in [-0.2, -0.15) is 5.26 Å². The normalized spacial score (nSPS) is 15.0. The third kappa shape index (κ3) is 5.18. The first-order chi connectivity index (χ1) is 17.1. The Morgan fingerprint density at radius 2 is 1.77 bits per heavy atom. The number of benzene rings is 1. The molecule has 3 aromatic heterocycles. The summed E-state index contributed by atoms with van der Waals surface area (Å²) in [6.07, 6.45) is 5.66. The zero-order valence-corrected chi connectivity index (χ0v) is 19.7. The van der Waals surface area contributed by atoms with E-state index >= 15 is 0 Å². The van der Waals surface area contributed by atoms with E-state index in [9.17, 15) is 5.26 Å². The van der Waals surface area contributed by atoms with Crippen LogP contribution in [0.15, 0.2) is 54.7 Å². The fourth-order valence-corrected chi connectivity index (χ4v) is 4.46. The molecular formula is C26H27N9. The van der Waals surface area contributed by atoms with Gasteiger partial charge < -0.3 is 5.73 Å². The van der Waals surface area contributed by atoms with Gasteiger partial charge in [0.2, 0.25) is 5.95 Å². The maximum atomic E-state index is 9.20. The molecular weight excluding hydrogens is 438 g/mol. The first kappa shape index (κ1) is 22.6. The van der Waals surface area contributed by atoms with Gasteiger partial charge in [-0.15, -0.1) is 5.10 Å². The first-order valence-corrected chi connectivity index (χ1v) is 11.8.